The number of carbonyl (C=O) groups is 1. The number of rotatable bonds is 3. The minimum absolute atomic E-state index is 0.0295. The zero-order valence-corrected chi connectivity index (χ0v) is 14.0. The average Bonchev–Trinajstić information content (AvgIpc) is 2.55. The van der Waals surface area contributed by atoms with Crippen LogP contribution >= 0.6 is 0 Å². The van der Waals surface area contributed by atoms with E-state index in [-0.39, 0.29) is 31.8 Å². The molecule has 0 aliphatic carbocycles. The van der Waals surface area contributed by atoms with Gasteiger partial charge in [-0.25, -0.2) is 18.7 Å². The Balaban J connectivity index is 1.46. The lowest BCUT2D eigenvalue weighted by Gasteiger charge is -2.35. The standard InChI is InChI=1S/C17H24F2N4O/c1-13-10-15(21-12-20-13)22-6-2-14(3-7-22)11-16(24)23-8-4-17(18,19)5-9-23/h10,12,14H,2-9,11H2,1H3. The number of piperidine rings is 2. The van der Waals surface area contributed by atoms with Gasteiger partial charge in [0.15, 0.2) is 0 Å². The van der Waals surface area contributed by atoms with E-state index in [1.54, 1.807) is 11.2 Å². The number of hydrogen-bond donors (Lipinski definition) is 0. The lowest BCUT2D eigenvalue weighted by Crippen LogP contribution is -2.44. The van der Waals surface area contributed by atoms with Crippen LogP contribution in [0.2, 0.25) is 0 Å². The summed E-state index contributed by atoms with van der Waals surface area (Å²) in [5.41, 5.74) is 0.944. The van der Waals surface area contributed by atoms with Crippen molar-refractivity contribution >= 4 is 11.7 Å². The Morgan fingerprint density at radius 3 is 2.50 bits per heavy atom. The minimum Gasteiger partial charge on any atom is -0.356 e. The third-order valence-electron chi connectivity index (χ3n) is 5.04. The molecule has 0 unspecified atom stereocenters. The molecule has 5 nitrogen and oxygen atoms in total. The summed E-state index contributed by atoms with van der Waals surface area (Å²) in [4.78, 5) is 24.6. The fourth-order valence-corrected chi connectivity index (χ4v) is 3.44. The van der Waals surface area contributed by atoms with E-state index < -0.39 is 5.92 Å². The summed E-state index contributed by atoms with van der Waals surface area (Å²) in [5, 5.41) is 0. The molecular weight excluding hydrogens is 314 g/mol. The molecule has 0 atom stereocenters. The summed E-state index contributed by atoms with van der Waals surface area (Å²) < 4.78 is 26.4. The first-order chi connectivity index (χ1) is 11.4. The smallest absolute Gasteiger partial charge is 0.251 e. The number of carbonyl (C=O) groups excluding carboxylic acids is 1. The van der Waals surface area contributed by atoms with Crippen molar-refractivity contribution in [3.8, 4) is 0 Å². The van der Waals surface area contributed by atoms with Gasteiger partial charge in [-0.3, -0.25) is 4.79 Å². The van der Waals surface area contributed by atoms with Crippen molar-refractivity contribution in [2.45, 2.75) is 45.0 Å². The second kappa shape index (κ2) is 6.99. The van der Waals surface area contributed by atoms with Crippen molar-refractivity contribution in [2.24, 2.45) is 5.92 Å². The molecule has 7 heteroatoms. The Morgan fingerprint density at radius 1 is 1.21 bits per heavy atom. The molecule has 2 aliphatic heterocycles. The molecule has 2 aliphatic rings. The highest BCUT2D eigenvalue weighted by atomic mass is 19.3. The van der Waals surface area contributed by atoms with Gasteiger partial charge in [0.1, 0.15) is 12.1 Å². The van der Waals surface area contributed by atoms with E-state index in [9.17, 15) is 13.6 Å². The SMILES string of the molecule is Cc1cc(N2CCC(CC(=O)N3CCC(F)(F)CC3)CC2)ncn1. The zero-order valence-electron chi connectivity index (χ0n) is 14.0. The van der Waals surface area contributed by atoms with E-state index in [0.717, 1.165) is 37.4 Å². The summed E-state index contributed by atoms with van der Waals surface area (Å²) in [6.45, 7) is 4.05. The Labute approximate surface area is 141 Å². The number of anilines is 1. The number of aromatic nitrogens is 2. The Kier molecular flexibility index (Phi) is 4.96. The second-order valence-electron chi connectivity index (χ2n) is 6.89. The quantitative estimate of drug-likeness (QED) is 0.850. The maximum atomic E-state index is 13.2. The predicted molar refractivity (Wildman–Crippen MR) is 87.1 cm³/mol. The van der Waals surface area contributed by atoms with Gasteiger partial charge in [-0.15, -0.1) is 0 Å². The van der Waals surface area contributed by atoms with Crippen LogP contribution in [0.25, 0.3) is 0 Å². The van der Waals surface area contributed by atoms with Crippen molar-refractivity contribution in [3.05, 3.63) is 18.1 Å². The number of nitrogens with zero attached hydrogens (tertiary/aromatic N) is 4. The van der Waals surface area contributed by atoms with Crippen LogP contribution in [0, 0.1) is 12.8 Å². The van der Waals surface area contributed by atoms with Crippen molar-refractivity contribution in [2.75, 3.05) is 31.1 Å². The van der Waals surface area contributed by atoms with Crippen LogP contribution in [-0.4, -0.2) is 52.9 Å². The Bertz CT molecular complexity index is 578. The van der Waals surface area contributed by atoms with Crippen LogP contribution in [0.1, 0.15) is 37.8 Å². The van der Waals surface area contributed by atoms with Gasteiger partial charge in [-0.2, -0.15) is 0 Å². The first kappa shape index (κ1) is 17.0. The van der Waals surface area contributed by atoms with Crippen LogP contribution in [0.3, 0.4) is 0 Å². The predicted octanol–water partition coefficient (Wildman–Crippen LogP) is 2.65. The molecule has 1 aromatic heterocycles. The Hall–Kier alpha value is -1.79. The van der Waals surface area contributed by atoms with Gasteiger partial charge in [-0.1, -0.05) is 0 Å². The van der Waals surface area contributed by atoms with Gasteiger partial charge in [0.2, 0.25) is 5.91 Å². The van der Waals surface area contributed by atoms with Gasteiger partial charge < -0.3 is 9.80 Å². The molecule has 3 heterocycles. The number of aryl methyl sites for hydroxylation is 1. The van der Waals surface area contributed by atoms with Crippen LogP contribution in [0.5, 0.6) is 0 Å². The number of hydrogen-bond acceptors (Lipinski definition) is 4. The molecule has 0 bridgehead atoms. The monoisotopic (exact) mass is 338 g/mol. The number of alkyl halides is 2. The summed E-state index contributed by atoms with van der Waals surface area (Å²) in [6.07, 6.45) is 3.50. The van der Waals surface area contributed by atoms with Gasteiger partial charge in [-0.05, 0) is 25.7 Å². The highest BCUT2D eigenvalue weighted by Gasteiger charge is 2.36. The van der Waals surface area contributed by atoms with E-state index >= 15 is 0 Å². The molecular formula is C17H24F2N4O. The third-order valence-corrected chi connectivity index (χ3v) is 5.04. The van der Waals surface area contributed by atoms with Crippen LogP contribution < -0.4 is 4.90 Å². The molecule has 0 saturated carbocycles. The highest BCUT2D eigenvalue weighted by molar-refractivity contribution is 5.76. The highest BCUT2D eigenvalue weighted by Crippen LogP contribution is 2.29. The number of amides is 1. The molecule has 3 rings (SSSR count). The lowest BCUT2D eigenvalue weighted by molar-refractivity contribution is -0.138. The van der Waals surface area contributed by atoms with Crippen LogP contribution in [0.15, 0.2) is 12.4 Å². The molecule has 2 saturated heterocycles. The molecule has 0 spiro atoms. The summed E-state index contributed by atoms with van der Waals surface area (Å²) in [5.74, 6) is -1.30. The summed E-state index contributed by atoms with van der Waals surface area (Å²) in [7, 11) is 0. The van der Waals surface area contributed by atoms with Crippen molar-refractivity contribution in [1.29, 1.82) is 0 Å². The molecule has 24 heavy (non-hydrogen) atoms. The van der Waals surface area contributed by atoms with Gasteiger partial charge in [0, 0.05) is 57.2 Å². The summed E-state index contributed by atoms with van der Waals surface area (Å²) in [6, 6.07) is 1.97. The normalized spacial score (nSPS) is 21.8. The fourth-order valence-electron chi connectivity index (χ4n) is 3.44. The first-order valence-corrected chi connectivity index (χ1v) is 8.62. The van der Waals surface area contributed by atoms with E-state index in [1.807, 2.05) is 13.0 Å². The molecule has 1 amide bonds. The molecule has 0 aromatic carbocycles. The molecule has 132 valence electrons. The van der Waals surface area contributed by atoms with E-state index in [1.165, 1.54) is 0 Å². The van der Waals surface area contributed by atoms with Gasteiger partial charge >= 0.3 is 0 Å². The second-order valence-corrected chi connectivity index (χ2v) is 6.89. The van der Waals surface area contributed by atoms with Crippen LogP contribution in [-0.2, 0) is 4.79 Å². The molecule has 0 radical (unpaired) electrons. The molecule has 2 fully saturated rings. The average molecular weight is 338 g/mol. The zero-order chi connectivity index (χ0) is 17.2. The Morgan fingerprint density at radius 2 is 1.88 bits per heavy atom. The van der Waals surface area contributed by atoms with Crippen molar-refractivity contribution in [3.63, 3.8) is 0 Å². The van der Waals surface area contributed by atoms with E-state index in [4.69, 9.17) is 0 Å². The van der Waals surface area contributed by atoms with E-state index in [0.29, 0.717) is 12.3 Å². The third kappa shape index (κ3) is 4.19. The van der Waals surface area contributed by atoms with Crippen molar-refractivity contribution in [1.82, 2.24) is 14.9 Å². The fraction of sp³-hybridized carbons (Fsp3) is 0.706. The molecule has 0 N–H and O–H groups in total. The lowest BCUT2D eigenvalue weighted by atomic mass is 9.92. The van der Waals surface area contributed by atoms with E-state index in [2.05, 4.69) is 14.9 Å². The number of likely N-dealkylation sites (tertiary alicyclic amines) is 1. The van der Waals surface area contributed by atoms with Crippen molar-refractivity contribution < 1.29 is 13.6 Å². The maximum absolute atomic E-state index is 13.2. The largest absolute Gasteiger partial charge is 0.356 e. The van der Waals surface area contributed by atoms with Gasteiger partial charge in [0.25, 0.3) is 5.92 Å². The number of halogens is 2. The first-order valence-electron chi connectivity index (χ1n) is 8.62. The van der Waals surface area contributed by atoms with Crippen LogP contribution in [0.4, 0.5) is 14.6 Å². The molecule has 1 aromatic rings. The maximum Gasteiger partial charge on any atom is 0.251 e. The minimum atomic E-state index is -2.60. The summed E-state index contributed by atoms with van der Waals surface area (Å²) >= 11 is 0. The topological polar surface area (TPSA) is 49.3 Å². The van der Waals surface area contributed by atoms with Gasteiger partial charge in [0.05, 0.1) is 0 Å².